The van der Waals surface area contributed by atoms with E-state index in [0.29, 0.717) is 21.6 Å². The van der Waals surface area contributed by atoms with E-state index in [-0.39, 0.29) is 11.7 Å². The second kappa shape index (κ2) is 9.19. The molecule has 0 saturated heterocycles. The molecule has 0 spiro atoms. The van der Waals surface area contributed by atoms with Crippen molar-refractivity contribution in [3.05, 3.63) is 45.8 Å². The van der Waals surface area contributed by atoms with Crippen molar-refractivity contribution in [3.8, 4) is 5.69 Å². The van der Waals surface area contributed by atoms with Crippen LogP contribution in [0.15, 0.2) is 29.4 Å². The topological polar surface area (TPSA) is 99.0 Å². The molecule has 0 aliphatic heterocycles. The van der Waals surface area contributed by atoms with Gasteiger partial charge in [-0.25, -0.2) is 4.79 Å². The van der Waals surface area contributed by atoms with Crippen molar-refractivity contribution in [2.45, 2.75) is 38.3 Å². The molecule has 1 amide bonds. The molecule has 3 aromatic rings. The molecule has 1 aliphatic rings. The van der Waals surface area contributed by atoms with Gasteiger partial charge in [-0.05, 0) is 59.7 Å². The Labute approximate surface area is 188 Å². The number of nitrogens with one attached hydrogen (secondary N) is 1. The average Bonchev–Trinajstić information content (AvgIpc) is 3.35. The molecule has 1 N–H and O–H groups in total. The van der Waals surface area contributed by atoms with Gasteiger partial charge >= 0.3 is 5.97 Å². The molecule has 4 rings (SSSR count). The van der Waals surface area contributed by atoms with Crippen LogP contribution < -0.4 is 5.32 Å². The molecule has 2 aromatic heterocycles. The summed E-state index contributed by atoms with van der Waals surface area (Å²) in [6.45, 7) is 4.18. The minimum absolute atomic E-state index is 0.117. The summed E-state index contributed by atoms with van der Waals surface area (Å²) in [6, 6.07) is 7.77. The van der Waals surface area contributed by atoms with Gasteiger partial charge in [-0.2, -0.15) is 4.68 Å². The van der Waals surface area contributed by atoms with Crippen molar-refractivity contribution in [1.29, 1.82) is 0 Å². The number of aromatic nitrogens is 4. The highest BCUT2D eigenvalue weighted by atomic mass is 32.2. The number of carbonyl (C=O) groups is 2. The van der Waals surface area contributed by atoms with Crippen LogP contribution in [0.1, 0.15) is 39.7 Å². The van der Waals surface area contributed by atoms with Crippen molar-refractivity contribution in [3.63, 3.8) is 0 Å². The highest BCUT2D eigenvalue weighted by Crippen LogP contribution is 2.40. The van der Waals surface area contributed by atoms with Gasteiger partial charge in [0.2, 0.25) is 11.1 Å². The zero-order valence-electron chi connectivity index (χ0n) is 17.5. The number of methoxy groups -OCH3 is 1. The highest BCUT2D eigenvalue weighted by molar-refractivity contribution is 7.99. The van der Waals surface area contributed by atoms with Crippen molar-refractivity contribution in [1.82, 2.24) is 20.2 Å². The molecule has 1 aromatic carbocycles. The third-order valence-electron chi connectivity index (χ3n) is 5.27. The Morgan fingerprint density at radius 2 is 2.16 bits per heavy atom. The number of thiophene rings is 1. The van der Waals surface area contributed by atoms with E-state index in [1.807, 2.05) is 31.2 Å². The number of benzene rings is 1. The van der Waals surface area contributed by atoms with E-state index in [0.717, 1.165) is 41.0 Å². The molecule has 10 heteroatoms. The minimum Gasteiger partial charge on any atom is -0.465 e. The maximum absolute atomic E-state index is 12.7. The lowest BCUT2D eigenvalue weighted by molar-refractivity contribution is -0.113. The molecule has 0 radical (unpaired) electrons. The number of para-hydroxylation sites is 1. The molecule has 1 aliphatic carbocycles. The van der Waals surface area contributed by atoms with Gasteiger partial charge in [-0.1, -0.05) is 36.9 Å². The van der Waals surface area contributed by atoms with Crippen LogP contribution >= 0.6 is 23.1 Å². The lowest BCUT2D eigenvalue weighted by Crippen LogP contribution is -2.17. The Balaban J connectivity index is 1.49. The molecule has 0 fully saturated rings. The van der Waals surface area contributed by atoms with Gasteiger partial charge in [0.15, 0.2) is 0 Å². The molecule has 8 nitrogen and oxygen atoms in total. The maximum atomic E-state index is 12.7. The van der Waals surface area contributed by atoms with E-state index >= 15 is 0 Å². The fourth-order valence-electron chi connectivity index (χ4n) is 3.67. The van der Waals surface area contributed by atoms with Gasteiger partial charge in [0.1, 0.15) is 5.00 Å². The van der Waals surface area contributed by atoms with Crippen LogP contribution in [0.25, 0.3) is 5.69 Å². The number of thioether (sulfide) groups is 1. The summed E-state index contributed by atoms with van der Waals surface area (Å²) in [5.41, 5.74) is 3.41. The van der Waals surface area contributed by atoms with Crippen LogP contribution in [-0.4, -0.2) is 44.9 Å². The van der Waals surface area contributed by atoms with E-state index in [2.05, 4.69) is 27.8 Å². The predicted octanol–water partition coefficient (Wildman–Crippen LogP) is 3.67. The van der Waals surface area contributed by atoms with Crippen LogP contribution in [0.5, 0.6) is 0 Å². The smallest absolute Gasteiger partial charge is 0.341 e. The van der Waals surface area contributed by atoms with Crippen LogP contribution in [0.4, 0.5) is 5.00 Å². The first-order chi connectivity index (χ1) is 15.0. The fourth-order valence-corrected chi connectivity index (χ4v) is 5.77. The molecule has 31 heavy (non-hydrogen) atoms. The quantitative estimate of drug-likeness (QED) is 0.445. The maximum Gasteiger partial charge on any atom is 0.341 e. The number of esters is 1. The van der Waals surface area contributed by atoms with Crippen LogP contribution in [-0.2, 0) is 22.4 Å². The number of hydrogen-bond acceptors (Lipinski definition) is 8. The second-order valence-electron chi connectivity index (χ2n) is 7.54. The molecular formula is C21H23N5O3S2. The number of hydrogen-bond donors (Lipinski definition) is 1. The highest BCUT2D eigenvalue weighted by Gasteiger charge is 2.29. The minimum atomic E-state index is -0.404. The predicted molar refractivity (Wildman–Crippen MR) is 120 cm³/mol. The lowest BCUT2D eigenvalue weighted by atomic mass is 9.88. The zero-order chi connectivity index (χ0) is 22.0. The molecular weight excluding hydrogens is 434 g/mol. The van der Waals surface area contributed by atoms with Gasteiger partial charge in [0.05, 0.1) is 24.1 Å². The number of carbonyl (C=O) groups excluding carboxylic acids is 2. The SMILES string of the molecule is COC(=O)c1c(NC(=O)CSc2nnnn2-c2ccccc2C)sc2c1CCC(C)C2. The van der Waals surface area contributed by atoms with E-state index < -0.39 is 5.97 Å². The average molecular weight is 458 g/mol. The number of nitrogens with zero attached hydrogens (tertiary/aromatic N) is 4. The number of fused-ring (bicyclic) bond motifs is 1. The Morgan fingerprint density at radius 3 is 2.94 bits per heavy atom. The fraction of sp³-hybridized carbons (Fsp3) is 0.381. The molecule has 1 unspecified atom stereocenters. The molecule has 1 atom stereocenters. The van der Waals surface area contributed by atoms with Gasteiger partial charge in [-0.3, -0.25) is 4.79 Å². The second-order valence-corrected chi connectivity index (χ2v) is 9.59. The number of ether oxygens (including phenoxy) is 1. The third kappa shape index (κ3) is 4.49. The first kappa shape index (κ1) is 21.5. The molecule has 0 saturated carbocycles. The lowest BCUT2D eigenvalue weighted by Gasteiger charge is -2.18. The number of amides is 1. The van der Waals surface area contributed by atoms with Crippen LogP contribution in [0.2, 0.25) is 0 Å². The van der Waals surface area contributed by atoms with Gasteiger partial charge in [0, 0.05) is 4.88 Å². The van der Waals surface area contributed by atoms with Gasteiger partial charge in [-0.15, -0.1) is 16.4 Å². The Bertz CT molecular complexity index is 1120. The molecule has 2 heterocycles. The molecule has 0 bridgehead atoms. The Morgan fingerprint density at radius 1 is 1.35 bits per heavy atom. The summed E-state index contributed by atoms with van der Waals surface area (Å²) in [6.07, 6.45) is 2.77. The summed E-state index contributed by atoms with van der Waals surface area (Å²) in [7, 11) is 1.37. The van der Waals surface area contributed by atoms with E-state index in [1.54, 1.807) is 4.68 Å². The number of rotatable bonds is 6. The summed E-state index contributed by atoms with van der Waals surface area (Å²) >= 11 is 2.72. The third-order valence-corrected chi connectivity index (χ3v) is 7.36. The van der Waals surface area contributed by atoms with Gasteiger partial charge in [0.25, 0.3) is 0 Å². The number of tetrazole rings is 1. The van der Waals surface area contributed by atoms with Gasteiger partial charge < -0.3 is 10.1 Å². The normalized spacial score (nSPS) is 15.4. The Hall–Kier alpha value is -2.72. The standard InChI is InChI=1S/C21H23N5O3S2/c1-12-8-9-14-16(10-12)31-19(18(14)20(28)29-3)22-17(27)11-30-21-23-24-25-26(21)15-7-5-4-6-13(15)2/h4-7,12H,8-11H2,1-3H3,(H,22,27). The monoisotopic (exact) mass is 457 g/mol. The first-order valence-electron chi connectivity index (χ1n) is 9.97. The van der Waals surface area contributed by atoms with Crippen LogP contribution in [0, 0.1) is 12.8 Å². The number of aryl methyl sites for hydroxylation is 1. The van der Waals surface area contributed by atoms with Crippen molar-refractivity contribution >= 4 is 40.0 Å². The summed E-state index contributed by atoms with van der Waals surface area (Å²) in [5, 5.41) is 15.9. The number of anilines is 1. The van der Waals surface area contributed by atoms with Crippen LogP contribution in [0.3, 0.4) is 0 Å². The van der Waals surface area contributed by atoms with E-state index in [4.69, 9.17) is 4.74 Å². The summed E-state index contributed by atoms with van der Waals surface area (Å²) in [4.78, 5) is 26.3. The Kier molecular flexibility index (Phi) is 6.38. The van der Waals surface area contributed by atoms with Crippen molar-refractivity contribution in [2.24, 2.45) is 5.92 Å². The van der Waals surface area contributed by atoms with Crippen molar-refractivity contribution < 1.29 is 14.3 Å². The van der Waals surface area contributed by atoms with E-state index in [1.165, 1.54) is 30.2 Å². The molecule has 162 valence electrons. The van der Waals surface area contributed by atoms with E-state index in [9.17, 15) is 9.59 Å². The summed E-state index contributed by atoms with van der Waals surface area (Å²) < 4.78 is 6.61. The largest absolute Gasteiger partial charge is 0.465 e. The zero-order valence-corrected chi connectivity index (χ0v) is 19.2. The summed E-state index contributed by atoms with van der Waals surface area (Å²) in [5.74, 6) is 0.0574. The van der Waals surface area contributed by atoms with Crippen molar-refractivity contribution in [2.75, 3.05) is 18.2 Å². The first-order valence-corrected chi connectivity index (χ1v) is 11.8.